The molecule has 1 N–H and O–H groups in total. The first-order chi connectivity index (χ1) is 16.3. The number of benzene rings is 2. The number of rotatable bonds is 6. The third-order valence-corrected chi connectivity index (χ3v) is 8.49. The quantitative estimate of drug-likeness (QED) is 0.679. The molecule has 1 aliphatic carbocycles. The van der Waals surface area contributed by atoms with Gasteiger partial charge in [-0.25, -0.2) is 8.42 Å². The average Bonchev–Trinajstić information content (AvgIpc) is 2.85. The van der Waals surface area contributed by atoms with Crippen LogP contribution in [-0.2, 0) is 19.6 Å². The van der Waals surface area contributed by atoms with Crippen molar-refractivity contribution in [2.45, 2.75) is 55.5 Å². The predicted octanol–water partition coefficient (Wildman–Crippen LogP) is 2.94. The molecule has 2 fully saturated rings. The van der Waals surface area contributed by atoms with E-state index in [1.54, 1.807) is 56.5 Å². The minimum absolute atomic E-state index is 0.0204. The van der Waals surface area contributed by atoms with Crippen LogP contribution >= 0.6 is 0 Å². The first-order valence-corrected chi connectivity index (χ1v) is 13.0. The molecule has 2 aliphatic rings. The van der Waals surface area contributed by atoms with Gasteiger partial charge in [0.2, 0.25) is 21.8 Å². The van der Waals surface area contributed by atoms with Crippen molar-refractivity contribution in [2.24, 2.45) is 0 Å². The number of carbonyl (C=O) groups is 2. The Kier molecular flexibility index (Phi) is 6.95. The summed E-state index contributed by atoms with van der Waals surface area (Å²) in [4.78, 5) is 28.7. The zero-order chi connectivity index (χ0) is 24.3. The highest BCUT2D eigenvalue weighted by Gasteiger charge is 2.51. The molecule has 0 aromatic heterocycles. The summed E-state index contributed by atoms with van der Waals surface area (Å²) in [5, 5.41) is 3.10. The largest absolute Gasteiger partial charge is 0.497 e. The maximum atomic E-state index is 13.7. The number of nitrogens with one attached hydrogen (secondary N) is 1. The summed E-state index contributed by atoms with van der Waals surface area (Å²) in [5.41, 5.74) is -0.910. The van der Waals surface area contributed by atoms with Crippen molar-refractivity contribution in [3.63, 3.8) is 0 Å². The van der Waals surface area contributed by atoms with Gasteiger partial charge in [0.15, 0.2) is 0 Å². The fourth-order valence-corrected chi connectivity index (χ4v) is 6.30. The van der Waals surface area contributed by atoms with Crippen molar-refractivity contribution in [3.05, 3.63) is 54.6 Å². The van der Waals surface area contributed by atoms with Gasteiger partial charge in [0.05, 0.1) is 18.6 Å². The number of anilines is 1. The predicted molar refractivity (Wildman–Crippen MR) is 129 cm³/mol. The summed E-state index contributed by atoms with van der Waals surface area (Å²) in [6, 6.07) is 14.9. The van der Waals surface area contributed by atoms with E-state index in [1.165, 1.54) is 17.0 Å². The van der Waals surface area contributed by atoms with E-state index in [9.17, 15) is 18.0 Å². The van der Waals surface area contributed by atoms with Crippen LogP contribution in [0.3, 0.4) is 0 Å². The second kappa shape index (κ2) is 9.76. The number of piperazine rings is 1. The lowest BCUT2D eigenvalue weighted by Crippen LogP contribution is -2.70. The number of hydrogen-bond donors (Lipinski definition) is 1. The molecule has 2 amide bonds. The Morgan fingerprint density at radius 3 is 2.29 bits per heavy atom. The summed E-state index contributed by atoms with van der Waals surface area (Å²) < 4.78 is 33.1. The van der Waals surface area contributed by atoms with Gasteiger partial charge in [-0.3, -0.25) is 14.5 Å². The lowest BCUT2D eigenvalue weighted by Gasteiger charge is -2.47. The van der Waals surface area contributed by atoms with Crippen LogP contribution in [-0.4, -0.2) is 56.3 Å². The summed E-state index contributed by atoms with van der Waals surface area (Å²) in [6.07, 6.45) is 4.98. The molecule has 4 rings (SSSR count). The molecule has 1 unspecified atom stereocenters. The molecule has 1 saturated carbocycles. The van der Waals surface area contributed by atoms with Gasteiger partial charge in [-0.1, -0.05) is 37.5 Å². The molecule has 34 heavy (non-hydrogen) atoms. The minimum Gasteiger partial charge on any atom is -0.497 e. The van der Waals surface area contributed by atoms with Crippen molar-refractivity contribution >= 4 is 27.5 Å². The zero-order valence-corrected chi connectivity index (χ0v) is 20.4. The lowest BCUT2D eigenvalue weighted by molar-refractivity contribution is -0.133. The molecule has 9 heteroatoms. The van der Waals surface area contributed by atoms with Crippen LogP contribution in [0.1, 0.15) is 39.0 Å². The van der Waals surface area contributed by atoms with Gasteiger partial charge < -0.3 is 10.1 Å². The van der Waals surface area contributed by atoms with Gasteiger partial charge in [-0.2, -0.15) is 4.31 Å². The Balaban J connectivity index is 1.71. The van der Waals surface area contributed by atoms with Crippen LogP contribution in [0.15, 0.2) is 59.5 Å². The van der Waals surface area contributed by atoms with Gasteiger partial charge in [0.25, 0.3) is 0 Å². The van der Waals surface area contributed by atoms with E-state index in [0.29, 0.717) is 11.4 Å². The number of nitrogens with zero attached hydrogens (tertiary/aromatic N) is 2. The molecule has 2 aromatic rings. The van der Waals surface area contributed by atoms with E-state index in [0.717, 1.165) is 36.4 Å². The van der Waals surface area contributed by atoms with Crippen LogP contribution < -0.4 is 15.0 Å². The Labute approximate surface area is 200 Å². The fraction of sp³-hybridized carbons (Fsp3) is 0.440. The SMILES string of the molecule is COc1ccc(N2C(=O)CN(S(=O)(=O)c3ccccc3)CC2(C)C(=O)NC2CCCCC2)cc1. The van der Waals surface area contributed by atoms with Crippen LogP contribution in [0.4, 0.5) is 5.69 Å². The normalized spacial score (nSPS) is 22.4. The molecule has 8 nitrogen and oxygen atoms in total. The molecular weight excluding hydrogens is 454 g/mol. The number of amides is 2. The van der Waals surface area contributed by atoms with E-state index < -0.39 is 21.5 Å². The third kappa shape index (κ3) is 4.67. The topological polar surface area (TPSA) is 96.0 Å². The van der Waals surface area contributed by atoms with Crippen LogP contribution in [0.2, 0.25) is 0 Å². The smallest absolute Gasteiger partial charge is 0.247 e. The monoisotopic (exact) mass is 485 g/mol. The number of hydrogen-bond acceptors (Lipinski definition) is 5. The highest BCUT2D eigenvalue weighted by atomic mass is 32.2. The van der Waals surface area contributed by atoms with E-state index in [-0.39, 0.29) is 29.9 Å². The summed E-state index contributed by atoms with van der Waals surface area (Å²) in [7, 11) is -2.41. The van der Waals surface area contributed by atoms with Gasteiger partial charge in [-0.05, 0) is 56.2 Å². The maximum absolute atomic E-state index is 13.7. The summed E-state index contributed by atoms with van der Waals surface area (Å²) in [6.45, 7) is 1.13. The zero-order valence-electron chi connectivity index (χ0n) is 19.6. The van der Waals surface area contributed by atoms with Crippen LogP contribution in [0.5, 0.6) is 5.75 Å². The Morgan fingerprint density at radius 2 is 1.68 bits per heavy atom. The van der Waals surface area contributed by atoms with E-state index in [1.807, 2.05) is 0 Å². The number of methoxy groups -OCH3 is 1. The second-order valence-electron chi connectivity index (χ2n) is 9.10. The minimum atomic E-state index is -3.96. The van der Waals surface area contributed by atoms with Crippen molar-refractivity contribution < 1.29 is 22.7 Å². The van der Waals surface area contributed by atoms with Crippen molar-refractivity contribution in [3.8, 4) is 5.75 Å². The lowest BCUT2D eigenvalue weighted by atomic mass is 9.91. The van der Waals surface area contributed by atoms with Crippen molar-refractivity contribution in [1.82, 2.24) is 9.62 Å². The van der Waals surface area contributed by atoms with Gasteiger partial charge in [-0.15, -0.1) is 0 Å². The van der Waals surface area contributed by atoms with Crippen LogP contribution in [0.25, 0.3) is 0 Å². The number of ether oxygens (including phenoxy) is 1. The maximum Gasteiger partial charge on any atom is 0.247 e. The molecule has 182 valence electrons. The van der Waals surface area contributed by atoms with Gasteiger partial charge in [0, 0.05) is 18.3 Å². The number of sulfonamides is 1. The Hall–Kier alpha value is -2.91. The molecule has 0 bridgehead atoms. The van der Waals surface area contributed by atoms with E-state index in [4.69, 9.17) is 4.74 Å². The number of carbonyl (C=O) groups excluding carboxylic acids is 2. The van der Waals surface area contributed by atoms with E-state index in [2.05, 4.69) is 5.32 Å². The molecule has 0 radical (unpaired) electrons. The molecule has 1 saturated heterocycles. The molecule has 1 heterocycles. The summed E-state index contributed by atoms with van der Waals surface area (Å²) >= 11 is 0. The molecule has 0 spiro atoms. The average molecular weight is 486 g/mol. The fourth-order valence-electron chi connectivity index (χ4n) is 4.80. The molecule has 2 aromatic carbocycles. The Morgan fingerprint density at radius 1 is 1.03 bits per heavy atom. The first-order valence-electron chi connectivity index (χ1n) is 11.6. The molecule has 1 atom stereocenters. The first kappa shape index (κ1) is 24.2. The Bertz CT molecular complexity index is 1130. The molecular formula is C25H31N3O5S. The van der Waals surface area contributed by atoms with E-state index >= 15 is 0 Å². The summed E-state index contributed by atoms with van der Waals surface area (Å²) in [5.74, 6) is -0.191. The molecule has 1 aliphatic heterocycles. The highest BCUT2D eigenvalue weighted by Crippen LogP contribution is 2.33. The van der Waals surface area contributed by atoms with Crippen molar-refractivity contribution in [1.29, 1.82) is 0 Å². The van der Waals surface area contributed by atoms with Gasteiger partial charge in [0.1, 0.15) is 11.3 Å². The van der Waals surface area contributed by atoms with Gasteiger partial charge >= 0.3 is 0 Å². The third-order valence-electron chi connectivity index (χ3n) is 6.68. The van der Waals surface area contributed by atoms with Crippen LogP contribution in [0, 0.1) is 0 Å². The standard InChI is InChI=1S/C25H31N3O5S/c1-25(24(30)26-19-9-5-3-6-10-19)18-27(34(31,32)22-11-7-4-8-12-22)17-23(29)28(25)20-13-15-21(33-2)16-14-20/h4,7-8,11-16,19H,3,5-6,9-10,17-18H2,1-2H3,(H,26,30). The highest BCUT2D eigenvalue weighted by molar-refractivity contribution is 7.89. The van der Waals surface area contributed by atoms with Crippen molar-refractivity contribution in [2.75, 3.05) is 25.1 Å². The second-order valence-corrected chi connectivity index (χ2v) is 11.0.